The number of benzene rings is 3. The lowest BCUT2D eigenvalue weighted by Crippen LogP contribution is -2.19. The van der Waals surface area contributed by atoms with Crippen molar-refractivity contribution in [2.45, 2.75) is 0 Å². The first-order valence-corrected chi connectivity index (χ1v) is 10.3. The van der Waals surface area contributed by atoms with Crippen LogP contribution in [0, 0.1) is 0 Å². The van der Waals surface area contributed by atoms with Crippen LogP contribution >= 0.6 is 0 Å². The molecule has 0 saturated carbocycles. The molecule has 1 aliphatic heterocycles. The fourth-order valence-corrected chi connectivity index (χ4v) is 3.43. The van der Waals surface area contributed by atoms with Crippen molar-refractivity contribution < 1.29 is 4.79 Å². The van der Waals surface area contributed by atoms with Gasteiger partial charge in [-0.2, -0.15) is 0 Å². The molecule has 1 aromatic heterocycles. The summed E-state index contributed by atoms with van der Waals surface area (Å²) >= 11 is 0. The minimum Gasteiger partial charge on any atom is -0.322 e. The van der Waals surface area contributed by atoms with E-state index in [1.807, 2.05) is 78.9 Å². The number of amides is 1. The van der Waals surface area contributed by atoms with Crippen LogP contribution in [-0.4, -0.2) is 10.9 Å². The van der Waals surface area contributed by atoms with Crippen LogP contribution in [-0.2, 0) is 0 Å². The summed E-state index contributed by atoms with van der Waals surface area (Å²) in [6.07, 6.45) is 4.11. The highest BCUT2D eigenvalue weighted by atomic mass is 16.1. The molecule has 156 valence electrons. The van der Waals surface area contributed by atoms with E-state index in [1.54, 1.807) is 6.07 Å². The molecule has 0 aliphatic carbocycles. The Morgan fingerprint density at radius 1 is 0.781 bits per heavy atom. The molecule has 4 aromatic rings. The molecule has 4 N–H and O–H groups in total. The zero-order chi connectivity index (χ0) is 21.8. The SMILES string of the molecule is O=C(Nc1ccc(/C=C\c2ccccc2)cc1)c1cccc(-c2ccc3c(n2)NNN3)c1. The smallest absolute Gasteiger partial charge is 0.255 e. The van der Waals surface area contributed by atoms with Gasteiger partial charge in [-0.3, -0.25) is 10.2 Å². The van der Waals surface area contributed by atoms with E-state index in [9.17, 15) is 4.79 Å². The molecule has 5 rings (SSSR count). The Labute approximate surface area is 186 Å². The van der Waals surface area contributed by atoms with Gasteiger partial charge in [0.1, 0.15) is 0 Å². The van der Waals surface area contributed by atoms with E-state index in [0.717, 1.165) is 39.6 Å². The summed E-state index contributed by atoms with van der Waals surface area (Å²) in [6.45, 7) is 0. The number of rotatable bonds is 5. The molecule has 1 amide bonds. The third kappa shape index (κ3) is 4.35. The summed E-state index contributed by atoms with van der Waals surface area (Å²) < 4.78 is 0. The third-order valence-corrected chi connectivity index (χ3v) is 5.13. The molecule has 0 atom stereocenters. The molecule has 0 fully saturated rings. The van der Waals surface area contributed by atoms with E-state index in [1.165, 1.54) is 0 Å². The van der Waals surface area contributed by atoms with Crippen LogP contribution in [0.5, 0.6) is 0 Å². The Bertz CT molecular complexity index is 1280. The number of anilines is 3. The van der Waals surface area contributed by atoms with Gasteiger partial charge in [0, 0.05) is 16.8 Å². The fraction of sp³-hybridized carbons (Fsp3) is 0. The molecule has 6 heteroatoms. The van der Waals surface area contributed by atoms with Gasteiger partial charge in [-0.15, -0.1) is 5.53 Å². The quantitative estimate of drug-likeness (QED) is 0.325. The first-order chi connectivity index (χ1) is 15.7. The number of nitrogens with one attached hydrogen (secondary N) is 4. The summed E-state index contributed by atoms with van der Waals surface area (Å²) in [6, 6.07) is 29.2. The van der Waals surface area contributed by atoms with E-state index in [-0.39, 0.29) is 5.91 Å². The average molecular weight is 419 g/mol. The van der Waals surface area contributed by atoms with Gasteiger partial charge in [-0.25, -0.2) is 4.98 Å². The minimum atomic E-state index is -0.165. The van der Waals surface area contributed by atoms with Crippen LogP contribution in [0.15, 0.2) is 91.0 Å². The summed E-state index contributed by atoms with van der Waals surface area (Å²) in [5, 5.41) is 2.96. The molecule has 6 nitrogen and oxygen atoms in total. The molecule has 0 bridgehead atoms. The zero-order valence-electron chi connectivity index (χ0n) is 17.2. The highest BCUT2D eigenvalue weighted by Crippen LogP contribution is 2.27. The van der Waals surface area contributed by atoms with Crippen LogP contribution in [0.3, 0.4) is 0 Å². The molecular weight excluding hydrogens is 398 g/mol. The monoisotopic (exact) mass is 419 g/mol. The second kappa shape index (κ2) is 8.75. The number of hydrogen-bond donors (Lipinski definition) is 4. The Morgan fingerprint density at radius 2 is 1.56 bits per heavy atom. The number of carbonyl (C=O) groups is 1. The number of pyridine rings is 1. The zero-order valence-corrected chi connectivity index (χ0v) is 17.2. The highest BCUT2D eigenvalue weighted by molar-refractivity contribution is 6.05. The van der Waals surface area contributed by atoms with Crippen molar-refractivity contribution in [3.63, 3.8) is 0 Å². The maximum Gasteiger partial charge on any atom is 0.255 e. The second-order valence-electron chi connectivity index (χ2n) is 7.37. The van der Waals surface area contributed by atoms with Crippen molar-refractivity contribution in [2.24, 2.45) is 0 Å². The van der Waals surface area contributed by atoms with Gasteiger partial charge < -0.3 is 10.7 Å². The minimum absolute atomic E-state index is 0.165. The summed E-state index contributed by atoms with van der Waals surface area (Å²) in [5.74, 6) is 0.556. The van der Waals surface area contributed by atoms with Crippen molar-refractivity contribution in [1.29, 1.82) is 0 Å². The van der Waals surface area contributed by atoms with Crippen LogP contribution < -0.4 is 21.7 Å². The second-order valence-corrected chi connectivity index (χ2v) is 7.37. The van der Waals surface area contributed by atoms with Gasteiger partial charge in [0.15, 0.2) is 5.82 Å². The fourth-order valence-electron chi connectivity index (χ4n) is 3.43. The Hall–Kier alpha value is -4.42. The van der Waals surface area contributed by atoms with Crippen LogP contribution in [0.25, 0.3) is 23.4 Å². The predicted octanol–water partition coefficient (Wildman–Crippen LogP) is 5.43. The topological polar surface area (TPSA) is 78.1 Å². The van der Waals surface area contributed by atoms with E-state index in [0.29, 0.717) is 5.56 Å². The molecule has 1 aliphatic rings. The van der Waals surface area contributed by atoms with Crippen molar-refractivity contribution >= 4 is 35.3 Å². The Morgan fingerprint density at radius 3 is 2.38 bits per heavy atom. The maximum absolute atomic E-state index is 12.8. The van der Waals surface area contributed by atoms with Crippen molar-refractivity contribution in [3.8, 4) is 11.3 Å². The highest BCUT2D eigenvalue weighted by Gasteiger charge is 2.13. The number of aromatic nitrogens is 1. The first kappa shape index (κ1) is 19.5. The van der Waals surface area contributed by atoms with Crippen LogP contribution in [0.2, 0.25) is 0 Å². The third-order valence-electron chi connectivity index (χ3n) is 5.13. The maximum atomic E-state index is 12.8. The average Bonchev–Trinajstić information content (AvgIpc) is 3.32. The number of nitrogens with zero attached hydrogens (tertiary/aromatic N) is 1. The van der Waals surface area contributed by atoms with Gasteiger partial charge in [0.25, 0.3) is 5.91 Å². The number of hydrazine groups is 2. The molecule has 2 heterocycles. The number of fused-ring (bicyclic) bond motifs is 1. The summed E-state index contributed by atoms with van der Waals surface area (Å²) in [7, 11) is 0. The summed E-state index contributed by atoms with van der Waals surface area (Å²) in [4.78, 5) is 17.4. The van der Waals surface area contributed by atoms with E-state index >= 15 is 0 Å². The van der Waals surface area contributed by atoms with Crippen LogP contribution in [0.4, 0.5) is 17.2 Å². The number of carbonyl (C=O) groups excluding carboxylic acids is 1. The normalized spacial score (nSPS) is 12.1. The van der Waals surface area contributed by atoms with Gasteiger partial charge in [0.05, 0.1) is 11.4 Å². The van der Waals surface area contributed by atoms with E-state index in [2.05, 4.69) is 44.9 Å². The van der Waals surface area contributed by atoms with Crippen LogP contribution in [0.1, 0.15) is 21.5 Å². The standard InChI is InChI=1S/C26H21N5O/c32-26(27-22-13-11-19(12-14-22)10-9-18-5-2-1-3-6-18)21-8-4-7-20(17-21)23-15-16-24-25(28-23)30-31-29-24/h1-17,29,31H,(H,27,32)(H,28,30)/b10-9-. The van der Waals surface area contributed by atoms with Gasteiger partial charge >= 0.3 is 0 Å². The van der Waals surface area contributed by atoms with Gasteiger partial charge in [-0.05, 0) is 47.5 Å². The number of hydrogen-bond acceptors (Lipinski definition) is 5. The Kier molecular flexibility index (Phi) is 5.34. The first-order valence-electron chi connectivity index (χ1n) is 10.3. The van der Waals surface area contributed by atoms with E-state index < -0.39 is 0 Å². The molecule has 0 radical (unpaired) electrons. The molecule has 3 aromatic carbocycles. The molecule has 0 spiro atoms. The lowest BCUT2D eigenvalue weighted by atomic mass is 10.1. The predicted molar refractivity (Wildman–Crippen MR) is 130 cm³/mol. The Balaban J connectivity index is 1.28. The molecular formula is C26H21N5O. The van der Waals surface area contributed by atoms with Crippen molar-refractivity contribution in [1.82, 2.24) is 10.5 Å². The molecule has 0 saturated heterocycles. The molecule has 32 heavy (non-hydrogen) atoms. The summed E-state index contributed by atoms with van der Waals surface area (Å²) in [5.41, 5.74) is 14.8. The lowest BCUT2D eigenvalue weighted by Gasteiger charge is -2.08. The molecule has 0 unspecified atom stereocenters. The largest absolute Gasteiger partial charge is 0.322 e. The van der Waals surface area contributed by atoms with E-state index in [4.69, 9.17) is 0 Å². The van der Waals surface area contributed by atoms with Crippen molar-refractivity contribution in [3.05, 3.63) is 108 Å². The van der Waals surface area contributed by atoms with Gasteiger partial charge in [-0.1, -0.05) is 66.7 Å². The van der Waals surface area contributed by atoms with Gasteiger partial charge in [0.2, 0.25) is 0 Å². The lowest BCUT2D eigenvalue weighted by molar-refractivity contribution is 0.102. The van der Waals surface area contributed by atoms with Crippen molar-refractivity contribution in [2.75, 3.05) is 16.2 Å².